The van der Waals surface area contributed by atoms with Crippen LogP contribution >= 0.6 is 0 Å². The third kappa shape index (κ3) is 4.38. The number of nitrogen functional groups attached to an aromatic ring is 1. The molecule has 1 aromatic rings. The summed E-state index contributed by atoms with van der Waals surface area (Å²) in [5.74, 6) is -0.0685. The average Bonchev–Trinajstić information content (AvgIpc) is 2.28. The van der Waals surface area contributed by atoms with Gasteiger partial charge in [0, 0.05) is 12.6 Å². The summed E-state index contributed by atoms with van der Waals surface area (Å²) in [7, 11) is 0. The number of hydrogen-bond donors (Lipinski definition) is 1. The molecule has 0 saturated heterocycles. The molecule has 2 N–H and O–H groups in total. The second kappa shape index (κ2) is 6.83. The van der Waals surface area contributed by atoms with Crippen LogP contribution in [-0.2, 0) is 0 Å². The first-order chi connectivity index (χ1) is 8.15. The van der Waals surface area contributed by atoms with E-state index in [-0.39, 0.29) is 11.7 Å². The van der Waals surface area contributed by atoms with Crippen molar-refractivity contribution < 1.29 is 4.79 Å². The molecule has 94 valence electrons. The summed E-state index contributed by atoms with van der Waals surface area (Å²) in [6.07, 6.45) is 7.12. The lowest BCUT2D eigenvalue weighted by Gasteiger charge is -2.03. The number of carbonyl (C=O) groups excluding carboxylic acids is 1. The van der Waals surface area contributed by atoms with Gasteiger partial charge in [0.2, 0.25) is 5.91 Å². The van der Waals surface area contributed by atoms with Gasteiger partial charge in [-0.2, -0.15) is 4.98 Å². The molecule has 1 rings (SSSR count). The van der Waals surface area contributed by atoms with Gasteiger partial charge in [-0.25, -0.2) is 9.36 Å². The number of nitrogens with two attached hydrogens (primary N) is 1. The minimum Gasteiger partial charge on any atom is -0.383 e. The van der Waals surface area contributed by atoms with Crippen molar-refractivity contribution in [3.63, 3.8) is 0 Å². The van der Waals surface area contributed by atoms with Crippen LogP contribution in [-0.4, -0.2) is 15.5 Å². The molecular weight excluding hydrogens is 218 g/mol. The van der Waals surface area contributed by atoms with E-state index in [1.165, 1.54) is 25.1 Å². The third-order valence-corrected chi connectivity index (χ3v) is 2.59. The maximum absolute atomic E-state index is 11.7. The van der Waals surface area contributed by atoms with E-state index in [0.29, 0.717) is 6.42 Å². The average molecular weight is 237 g/mol. The van der Waals surface area contributed by atoms with E-state index < -0.39 is 5.69 Å². The number of carbonyl (C=O) groups is 1. The molecule has 5 heteroatoms. The van der Waals surface area contributed by atoms with Gasteiger partial charge in [0.05, 0.1) is 0 Å². The summed E-state index contributed by atoms with van der Waals surface area (Å²) < 4.78 is 1.02. The zero-order valence-corrected chi connectivity index (χ0v) is 10.2. The first-order valence-corrected chi connectivity index (χ1v) is 6.03. The number of hydrogen-bond acceptors (Lipinski definition) is 4. The van der Waals surface area contributed by atoms with Crippen molar-refractivity contribution in [2.45, 2.75) is 45.4 Å². The van der Waals surface area contributed by atoms with Crippen LogP contribution < -0.4 is 11.4 Å². The maximum atomic E-state index is 11.7. The van der Waals surface area contributed by atoms with Gasteiger partial charge in [-0.05, 0) is 12.5 Å². The van der Waals surface area contributed by atoms with Gasteiger partial charge < -0.3 is 5.73 Å². The van der Waals surface area contributed by atoms with Crippen molar-refractivity contribution in [2.75, 3.05) is 5.73 Å². The van der Waals surface area contributed by atoms with E-state index in [0.717, 1.165) is 23.8 Å². The maximum Gasteiger partial charge on any atom is 0.356 e. The topological polar surface area (TPSA) is 78.0 Å². The Kier molecular flexibility index (Phi) is 5.39. The van der Waals surface area contributed by atoms with Gasteiger partial charge in [-0.3, -0.25) is 4.79 Å². The van der Waals surface area contributed by atoms with Crippen molar-refractivity contribution in [2.24, 2.45) is 0 Å². The van der Waals surface area contributed by atoms with Crippen LogP contribution in [0, 0.1) is 0 Å². The molecular formula is C12H19N3O2. The normalized spacial score (nSPS) is 10.4. The van der Waals surface area contributed by atoms with E-state index in [1.807, 2.05) is 0 Å². The van der Waals surface area contributed by atoms with Crippen LogP contribution in [0.5, 0.6) is 0 Å². The minimum atomic E-state index is -0.594. The van der Waals surface area contributed by atoms with Crippen molar-refractivity contribution >= 4 is 11.7 Å². The lowest BCUT2D eigenvalue weighted by Crippen LogP contribution is -2.28. The molecule has 0 spiro atoms. The van der Waals surface area contributed by atoms with Crippen LogP contribution in [0.15, 0.2) is 17.1 Å². The Hall–Kier alpha value is -1.65. The van der Waals surface area contributed by atoms with Gasteiger partial charge in [-0.15, -0.1) is 0 Å². The Bertz CT molecular complexity index is 426. The molecule has 0 saturated carbocycles. The second-order valence-corrected chi connectivity index (χ2v) is 4.06. The summed E-state index contributed by atoms with van der Waals surface area (Å²) in [4.78, 5) is 26.6. The third-order valence-electron chi connectivity index (χ3n) is 2.59. The predicted octanol–water partition coefficient (Wildman–Crippen LogP) is 1.83. The molecule has 0 aliphatic rings. The van der Waals surface area contributed by atoms with Crippen LogP contribution in [0.1, 0.15) is 50.2 Å². The van der Waals surface area contributed by atoms with Crippen molar-refractivity contribution in [1.29, 1.82) is 0 Å². The van der Waals surface area contributed by atoms with Crippen molar-refractivity contribution in [1.82, 2.24) is 9.55 Å². The van der Waals surface area contributed by atoms with E-state index in [4.69, 9.17) is 5.73 Å². The van der Waals surface area contributed by atoms with Crippen LogP contribution in [0.25, 0.3) is 0 Å². The molecule has 17 heavy (non-hydrogen) atoms. The zero-order chi connectivity index (χ0) is 12.7. The molecule has 0 aliphatic heterocycles. The van der Waals surface area contributed by atoms with E-state index in [9.17, 15) is 9.59 Å². The van der Waals surface area contributed by atoms with Gasteiger partial charge >= 0.3 is 5.69 Å². The van der Waals surface area contributed by atoms with Crippen LogP contribution in [0.2, 0.25) is 0 Å². The van der Waals surface area contributed by atoms with Crippen LogP contribution in [0.4, 0.5) is 5.82 Å². The Morgan fingerprint density at radius 3 is 2.71 bits per heavy atom. The Balaban J connectivity index is 2.45. The number of aromatic nitrogens is 2. The molecule has 1 heterocycles. The monoisotopic (exact) mass is 237 g/mol. The van der Waals surface area contributed by atoms with Gasteiger partial charge in [0.15, 0.2) is 0 Å². The van der Waals surface area contributed by atoms with Crippen LogP contribution in [0.3, 0.4) is 0 Å². The quantitative estimate of drug-likeness (QED) is 0.765. The number of unbranched alkanes of at least 4 members (excludes halogenated alkanes) is 4. The SMILES string of the molecule is CCCCCCCC(=O)n1ccc(N)nc1=O. The summed E-state index contributed by atoms with van der Waals surface area (Å²) in [5.41, 5.74) is 4.75. The fraction of sp³-hybridized carbons (Fsp3) is 0.583. The van der Waals surface area contributed by atoms with Gasteiger partial charge in [-0.1, -0.05) is 32.6 Å². The Morgan fingerprint density at radius 2 is 2.06 bits per heavy atom. The number of anilines is 1. The highest BCUT2D eigenvalue weighted by Crippen LogP contribution is 2.05. The highest BCUT2D eigenvalue weighted by Gasteiger charge is 2.07. The molecule has 0 atom stereocenters. The molecule has 0 aromatic carbocycles. The molecule has 0 unspecified atom stereocenters. The summed E-state index contributed by atoms with van der Waals surface area (Å²) in [6, 6.07) is 1.45. The minimum absolute atomic E-state index is 0.141. The molecule has 0 amide bonds. The smallest absolute Gasteiger partial charge is 0.356 e. The zero-order valence-electron chi connectivity index (χ0n) is 10.2. The van der Waals surface area contributed by atoms with Crippen molar-refractivity contribution in [3.05, 3.63) is 22.7 Å². The summed E-state index contributed by atoms with van der Waals surface area (Å²) in [6.45, 7) is 2.14. The fourth-order valence-corrected chi connectivity index (χ4v) is 1.61. The van der Waals surface area contributed by atoms with E-state index in [2.05, 4.69) is 11.9 Å². The first kappa shape index (κ1) is 13.4. The highest BCUT2D eigenvalue weighted by molar-refractivity contribution is 5.78. The molecule has 1 aromatic heterocycles. The fourth-order valence-electron chi connectivity index (χ4n) is 1.61. The standard InChI is InChI=1S/C12H19N3O2/c1-2-3-4-5-6-7-11(16)15-9-8-10(13)14-12(15)17/h8-9H,2-7H2,1H3,(H2,13,14,17). The molecule has 0 fully saturated rings. The lowest BCUT2D eigenvalue weighted by atomic mass is 10.1. The molecule has 0 bridgehead atoms. The van der Waals surface area contributed by atoms with Gasteiger partial charge in [0.25, 0.3) is 0 Å². The Labute approximate surface area is 101 Å². The second-order valence-electron chi connectivity index (χ2n) is 4.06. The number of nitrogens with zero attached hydrogens (tertiary/aromatic N) is 2. The summed E-state index contributed by atoms with van der Waals surface area (Å²) >= 11 is 0. The highest BCUT2D eigenvalue weighted by atomic mass is 16.2. The number of rotatable bonds is 6. The van der Waals surface area contributed by atoms with E-state index in [1.54, 1.807) is 0 Å². The Morgan fingerprint density at radius 1 is 1.35 bits per heavy atom. The largest absolute Gasteiger partial charge is 0.383 e. The van der Waals surface area contributed by atoms with E-state index >= 15 is 0 Å². The molecule has 0 radical (unpaired) electrons. The molecule has 5 nitrogen and oxygen atoms in total. The predicted molar refractivity (Wildman–Crippen MR) is 66.9 cm³/mol. The first-order valence-electron chi connectivity index (χ1n) is 6.03. The lowest BCUT2D eigenvalue weighted by molar-refractivity contribution is 0.0893. The molecule has 0 aliphatic carbocycles. The van der Waals surface area contributed by atoms with Crippen molar-refractivity contribution in [3.8, 4) is 0 Å². The summed E-state index contributed by atoms with van der Waals surface area (Å²) in [5, 5.41) is 0. The van der Waals surface area contributed by atoms with Gasteiger partial charge in [0.1, 0.15) is 5.82 Å².